The van der Waals surface area contributed by atoms with Gasteiger partial charge < -0.3 is 10.2 Å². The summed E-state index contributed by atoms with van der Waals surface area (Å²) in [5, 5.41) is 20.1. The zero-order valence-corrected chi connectivity index (χ0v) is 7.49. The number of benzene rings is 1. The molecule has 13 heavy (non-hydrogen) atoms. The summed E-state index contributed by atoms with van der Waals surface area (Å²) in [6, 6.07) is 4.98. The van der Waals surface area contributed by atoms with Crippen LogP contribution in [0.5, 0.6) is 5.75 Å². The van der Waals surface area contributed by atoms with E-state index in [0.717, 1.165) is 0 Å². The van der Waals surface area contributed by atoms with Gasteiger partial charge >= 0.3 is 0 Å². The summed E-state index contributed by atoms with van der Waals surface area (Å²) in [7, 11) is 0. The Bertz CT molecular complexity index is 430. The summed E-state index contributed by atoms with van der Waals surface area (Å²) >= 11 is 0. The van der Waals surface area contributed by atoms with Crippen LogP contribution in [0.1, 0.15) is 6.92 Å². The van der Waals surface area contributed by atoms with Crippen LogP contribution in [0.15, 0.2) is 30.9 Å². The van der Waals surface area contributed by atoms with Gasteiger partial charge in [-0.2, -0.15) is 0 Å². The van der Waals surface area contributed by atoms with Gasteiger partial charge in [0.05, 0.1) is 0 Å². The molecule has 0 aliphatic carbocycles. The summed E-state index contributed by atoms with van der Waals surface area (Å²) in [6.07, 6.45) is 3.09. The minimum absolute atomic E-state index is 0.0731. The van der Waals surface area contributed by atoms with Crippen molar-refractivity contribution in [1.82, 2.24) is 0 Å². The molecular formula is C11H12O2. The number of phenols is 1. The number of phenolic OH excluding ortho intramolecular Hbond substituents is 1. The van der Waals surface area contributed by atoms with Crippen LogP contribution in [0, 0.1) is 0 Å². The Labute approximate surface area is 76.8 Å². The van der Waals surface area contributed by atoms with Crippen molar-refractivity contribution in [2.75, 3.05) is 0 Å². The molecule has 0 heterocycles. The third-order valence-electron chi connectivity index (χ3n) is 1.84. The fourth-order valence-electron chi connectivity index (χ4n) is 1.19. The maximum Gasteiger partial charge on any atom is 0.123 e. The van der Waals surface area contributed by atoms with E-state index >= 15 is 0 Å². The standard InChI is InChI=1S/C11H12O2/c1-3-8-9(10(12)4-2)6-5-7-11(8)13/h3-7,12-13H,2H2,1H3/b8-3+,10-9+. The first-order chi connectivity index (χ1) is 6.20. The Morgan fingerprint density at radius 2 is 2.15 bits per heavy atom. The minimum atomic E-state index is 0.0731. The van der Waals surface area contributed by atoms with Crippen molar-refractivity contribution in [2.45, 2.75) is 6.92 Å². The van der Waals surface area contributed by atoms with Crippen LogP contribution >= 0.6 is 0 Å². The van der Waals surface area contributed by atoms with Crippen LogP contribution in [0.2, 0.25) is 0 Å². The van der Waals surface area contributed by atoms with E-state index < -0.39 is 0 Å². The lowest BCUT2D eigenvalue weighted by Crippen LogP contribution is -2.26. The number of hydrogen-bond donors (Lipinski definition) is 2. The highest BCUT2D eigenvalue weighted by Crippen LogP contribution is 1.95. The molecule has 0 amide bonds. The van der Waals surface area contributed by atoms with Crippen molar-refractivity contribution in [1.29, 1.82) is 0 Å². The van der Waals surface area contributed by atoms with Gasteiger partial charge in [-0.3, -0.25) is 0 Å². The number of rotatable bonds is 1. The smallest absolute Gasteiger partial charge is 0.123 e. The van der Waals surface area contributed by atoms with Crippen LogP contribution in [-0.2, 0) is 0 Å². The van der Waals surface area contributed by atoms with Crippen LogP contribution in [0.4, 0.5) is 0 Å². The number of aliphatic hydroxyl groups is 1. The number of aromatic hydroxyl groups is 1. The molecule has 2 nitrogen and oxygen atoms in total. The predicted octanol–water partition coefficient (Wildman–Crippen LogP) is 1.04. The largest absolute Gasteiger partial charge is 0.507 e. The molecule has 1 aromatic carbocycles. The lowest BCUT2D eigenvalue weighted by molar-refractivity contribution is 0.468. The van der Waals surface area contributed by atoms with Gasteiger partial charge in [0.25, 0.3) is 0 Å². The molecule has 0 saturated heterocycles. The van der Waals surface area contributed by atoms with Gasteiger partial charge in [-0.1, -0.05) is 24.8 Å². The van der Waals surface area contributed by atoms with Gasteiger partial charge in [-0.05, 0) is 19.1 Å². The van der Waals surface area contributed by atoms with E-state index in [1.807, 2.05) is 0 Å². The molecular weight excluding hydrogens is 164 g/mol. The first-order valence-corrected chi connectivity index (χ1v) is 4.00. The van der Waals surface area contributed by atoms with Crippen molar-refractivity contribution in [3.8, 4) is 5.75 Å². The molecule has 1 aromatic rings. The molecule has 0 aliphatic heterocycles. The first kappa shape index (κ1) is 9.39. The molecule has 0 aromatic heterocycles. The van der Waals surface area contributed by atoms with E-state index in [2.05, 4.69) is 6.58 Å². The monoisotopic (exact) mass is 176 g/mol. The van der Waals surface area contributed by atoms with E-state index in [1.54, 1.807) is 31.2 Å². The van der Waals surface area contributed by atoms with Crippen LogP contribution in [0.3, 0.4) is 0 Å². The molecule has 2 N–H and O–H groups in total. The summed E-state index contributed by atoms with van der Waals surface area (Å²) in [4.78, 5) is 0. The number of aliphatic hydroxyl groups excluding tert-OH is 1. The average Bonchev–Trinajstić information content (AvgIpc) is 2.16. The second kappa shape index (κ2) is 3.81. The van der Waals surface area contributed by atoms with Gasteiger partial charge in [0, 0.05) is 10.4 Å². The third kappa shape index (κ3) is 1.72. The quantitative estimate of drug-likeness (QED) is 0.671. The normalized spacial score (nSPS) is 14.1. The zero-order valence-electron chi connectivity index (χ0n) is 7.49. The van der Waals surface area contributed by atoms with Crippen LogP contribution < -0.4 is 10.4 Å². The Balaban J connectivity index is 3.76. The molecule has 0 bridgehead atoms. The topological polar surface area (TPSA) is 40.5 Å². The minimum Gasteiger partial charge on any atom is -0.507 e. The fourth-order valence-corrected chi connectivity index (χ4v) is 1.19. The van der Waals surface area contributed by atoms with Crippen molar-refractivity contribution in [2.24, 2.45) is 0 Å². The maximum atomic E-state index is 9.45. The van der Waals surface area contributed by atoms with Crippen LogP contribution in [0.25, 0.3) is 11.8 Å². The molecule has 0 radical (unpaired) electrons. The molecule has 0 aliphatic rings. The maximum absolute atomic E-state index is 9.45. The highest BCUT2D eigenvalue weighted by molar-refractivity contribution is 5.49. The third-order valence-corrected chi connectivity index (χ3v) is 1.84. The fraction of sp³-hybridized carbons (Fsp3) is 0.0909. The molecule has 0 atom stereocenters. The molecule has 2 heteroatoms. The summed E-state index contributed by atoms with van der Waals surface area (Å²) in [5.41, 5.74) is 0. The Hall–Kier alpha value is -1.70. The Morgan fingerprint density at radius 3 is 2.69 bits per heavy atom. The SMILES string of the molecule is C=C/C(O)=c1/cccc(O)/c1=C/C. The lowest BCUT2D eigenvalue weighted by Gasteiger charge is -1.96. The van der Waals surface area contributed by atoms with Gasteiger partial charge in [-0.15, -0.1) is 0 Å². The van der Waals surface area contributed by atoms with Crippen molar-refractivity contribution < 1.29 is 10.2 Å². The molecule has 0 spiro atoms. The zero-order chi connectivity index (χ0) is 9.84. The second-order valence-corrected chi connectivity index (χ2v) is 2.62. The second-order valence-electron chi connectivity index (χ2n) is 2.62. The molecule has 0 fully saturated rings. The average molecular weight is 176 g/mol. The van der Waals surface area contributed by atoms with Gasteiger partial charge in [-0.25, -0.2) is 0 Å². The highest BCUT2D eigenvalue weighted by atomic mass is 16.3. The van der Waals surface area contributed by atoms with Gasteiger partial charge in [0.2, 0.25) is 0 Å². The summed E-state index contributed by atoms with van der Waals surface area (Å²) in [5.74, 6) is 0.234. The molecule has 68 valence electrons. The predicted molar refractivity (Wildman–Crippen MR) is 53.7 cm³/mol. The summed E-state index contributed by atoms with van der Waals surface area (Å²) in [6.45, 7) is 5.26. The van der Waals surface area contributed by atoms with E-state index in [0.29, 0.717) is 10.4 Å². The molecule has 0 saturated carbocycles. The number of hydrogen-bond acceptors (Lipinski definition) is 2. The van der Waals surface area contributed by atoms with Crippen LogP contribution in [-0.4, -0.2) is 10.2 Å². The highest BCUT2D eigenvalue weighted by Gasteiger charge is 1.95. The summed E-state index contributed by atoms with van der Waals surface area (Å²) < 4.78 is 0. The van der Waals surface area contributed by atoms with Crippen molar-refractivity contribution in [3.05, 3.63) is 41.3 Å². The molecule has 1 rings (SSSR count). The lowest BCUT2D eigenvalue weighted by atomic mass is 10.2. The van der Waals surface area contributed by atoms with Crippen molar-refractivity contribution >= 4 is 11.8 Å². The first-order valence-electron chi connectivity index (χ1n) is 4.00. The van der Waals surface area contributed by atoms with Gasteiger partial charge in [0.15, 0.2) is 0 Å². The van der Waals surface area contributed by atoms with Crippen molar-refractivity contribution in [3.63, 3.8) is 0 Å². The van der Waals surface area contributed by atoms with E-state index in [4.69, 9.17) is 0 Å². The molecule has 0 unspecified atom stereocenters. The Morgan fingerprint density at radius 1 is 1.46 bits per heavy atom. The Kier molecular flexibility index (Phi) is 2.75. The van der Waals surface area contributed by atoms with Gasteiger partial charge in [0.1, 0.15) is 11.5 Å². The van der Waals surface area contributed by atoms with E-state index in [-0.39, 0.29) is 11.5 Å². The van der Waals surface area contributed by atoms with E-state index in [1.165, 1.54) is 6.08 Å². The van der Waals surface area contributed by atoms with E-state index in [9.17, 15) is 10.2 Å².